The molecule has 1 aromatic carbocycles. The molecule has 0 aliphatic heterocycles. The molecule has 0 saturated heterocycles. The summed E-state index contributed by atoms with van der Waals surface area (Å²) in [7, 11) is 1.68. The van der Waals surface area contributed by atoms with Gasteiger partial charge in [-0.25, -0.2) is 9.97 Å². The van der Waals surface area contributed by atoms with Gasteiger partial charge in [0, 0.05) is 11.4 Å². The maximum absolute atomic E-state index is 5.24. The molecule has 3 aromatic rings. The molecule has 0 amide bonds. The van der Waals surface area contributed by atoms with E-state index in [1.54, 1.807) is 24.8 Å². The molecule has 0 fully saturated rings. The van der Waals surface area contributed by atoms with Crippen molar-refractivity contribution in [3.8, 4) is 5.75 Å². The predicted octanol–water partition coefficient (Wildman–Crippen LogP) is 3.87. The molecule has 3 rings (SSSR count). The average Bonchev–Trinajstić information content (AvgIpc) is 2.97. The van der Waals surface area contributed by atoms with Crippen LogP contribution in [0.25, 0.3) is 10.2 Å². The van der Waals surface area contributed by atoms with Crippen LogP contribution in [0.3, 0.4) is 0 Å². The van der Waals surface area contributed by atoms with Gasteiger partial charge in [0.2, 0.25) is 0 Å². The lowest BCUT2D eigenvalue weighted by Crippen LogP contribution is -2.02. The van der Waals surface area contributed by atoms with Crippen LogP contribution in [0.2, 0.25) is 0 Å². The number of aryl methyl sites for hydroxylation is 1. The van der Waals surface area contributed by atoms with Crippen molar-refractivity contribution in [3.05, 3.63) is 47.1 Å². The Kier molecular flexibility index (Phi) is 4.01. The van der Waals surface area contributed by atoms with Crippen LogP contribution < -0.4 is 10.1 Å². The number of nitrogens with zero attached hydrogens (tertiary/aromatic N) is 2. The van der Waals surface area contributed by atoms with Gasteiger partial charge in [0.25, 0.3) is 0 Å². The Morgan fingerprint density at radius 1 is 1.24 bits per heavy atom. The van der Waals surface area contributed by atoms with Gasteiger partial charge in [0.05, 0.1) is 12.5 Å². The fourth-order valence-corrected chi connectivity index (χ4v) is 3.12. The molecular weight excluding hydrogens is 282 g/mol. The van der Waals surface area contributed by atoms with E-state index >= 15 is 0 Å². The van der Waals surface area contributed by atoms with Crippen LogP contribution in [0.1, 0.15) is 17.4 Å². The molecule has 2 aromatic heterocycles. The summed E-state index contributed by atoms with van der Waals surface area (Å²) in [5.74, 6) is 1.75. The smallest absolute Gasteiger partial charge is 0.138 e. The number of anilines is 1. The SMILES string of the molecule is CCc1cc2c(NCc3cccc(OC)c3)ncnc2s1. The van der Waals surface area contributed by atoms with Crippen molar-refractivity contribution in [2.45, 2.75) is 19.9 Å². The molecule has 108 valence electrons. The number of aromatic nitrogens is 2. The lowest BCUT2D eigenvalue weighted by atomic mass is 10.2. The highest BCUT2D eigenvalue weighted by molar-refractivity contribution is 7.18. The summed E-state index contributed by atoms with van der Waals surface area (Å²) < 4.78 is 5.24. The number of thiophene rings is 1. The third-order valence-electron chi connectivity index (χ3n) is 3.32. The minimum atomic E-state index is 0.709. The average molecular weight is 299 g/mol. The summed E-state index contributed by atoms with van der Waals surface area (Å²) in [4.78, 5) is 11.1. The van der Waals surface area contributed by atoms with Crippen molar-refractivity contribution in [2.75, 3.05) is 12.4 Å². The number of benzene rings is 1. The molecule has 21 heavy (non-hydrogen) atoms. The van der Waals surface area contributed by atoms with E-state index in [0.29, 0.717) is 6.54 Å². The van der Waals surface area contributed by atoms with Crippen LogP contribution in [0, 0.1) is 0 Å². The zero-order chi connectivity index (χ0) is 14.7. The molecular formula is C16H17N3OS. The van der Waals surface area contributed by atoms with Crippen LogP contribution in [-0.2, 0) is 13.0 Å². The minimum Gasteiger partial charge on any atom is -0.497 e. The van der Waals surface area contributed by atoms with E-state index in [4.69, 9.17) is 4.74 Å². The summed E-state index contributed by atoms with van der Waals surface area (Å²) in [6, 6.07) is 10.2. The van der Waals surface area contributed by atoms with Gasteiger partial charge in [-0.15, -0.1) is 11.3 Å². The first-order chi connectivity index (χ1) is 10.3. The molecule has 4 nitrogen and oxygen atoms in total. The van der Waals surface area contributed by atoms with Crippen molar-refractivity contribution in [2.24, 2.45) is 0 Å². The molecule has 0 saturated carbocycles. The van der Waals surface area contributed by atoms with Gasteiger partial charge < -0.3 is 10.1 Å². The molecule has 0 spiro atoms. The maximum Gasteiger partial charge on any atom is 0.138 e. The lowest BCUT2D eigenvalue weighted by Gasteiger charge is -2.07. The fraction of sp³-hybridized carbons (Fsp3) is 0.250. The van der Waals surface area contributed by atoms with E-state index in [1.807, 2.05) is 18.2 Å². The first-order valence-electron chi connectivity index (χ1n) is 6.90. The second-order valence-electron chi connectivity index (χ2n) is 4.71. The van der Waals surface area contributed by atoms with Gasteiger partial charge >= 0.3 is 0 Å². The molecule has 2 heterocycles. The number of methoxy groups -OCH3 is 1. The largest absolute Gasteiger partial charge is 0.497 e. The number of ether oxygens (including phenoxy) is 1. The summed E-state index contributed by atoms with van der Waals surface area (Å²) in [6.45, 7) is 2.86. The highest BCUT2D eigenvalue weighted by Crippen LogP contribution is 2.28. The molecule has 0 radical (unpaired) electrons. The third kappa shape index (κ3) is 2.97. The zero-order valence-corrected chi connectivity index (χ0v) is 12.9. The summed E-state index contributed by atoms with van der Waals surface area (Å²) in [6.07, 6.45) is 2.64. The second-order valence-corrected chi connectivity index (χ2v) is 5.83. The van der Waals surface area contributed by atoms with Crippen molar-refractivity contribution in [1.29, 1.82) is 0 Å². The van der Waals surface area contributed by atoms with E-state index in [-0.39, 0.29) is 0 Å². The van der Waals surface area contributed by atoms with Crippen molar-refractivity contribution in [3.63, 3.8) is 0 Å². The number of hydrogen-bond donors (Lipinski definition) is 1. The lowest BCUT2D eigenvalue weighted by molar-refractivity contribution is 0.414. The highest BCUT2D eigenvalue weighted by atomic mass is 32.1. The summed E-state index contributed by atoms with van der Waals surface area (Å²) in [5, 5.41) is 4.49. The first-order valence-corrected chi connectivity index (χ1v) is 7.72. The topological polar surface area (TPSA) is 47.0 Å². The molecule has 0 bridgehead atoms. The monoisotopic (exact) mass is 299 g/mol. The van der Waals surface area contributed by atoms with Crippen LogP contribution in [0.5, 0.6) is 5.75 Å². The van der Waals surface area contributed by atoms with Gasteiger partial charge in [-0.05, 0) is 30.2 Å². The molecule has 0 aliphatic rings. The van der Waals surface area contributed by atoms with E-state index in [1.165, 1.54) is 4.88 Å². The van der Waals surface area contributed by atoms with Gasteiger partial charge in [0.1, 0.15) is 22.7 Å². The number of fused-ring (bicyclic) bond motifs is 1. The quantitative estimate of drug-likeness (QED) is 0.777. The maximum atomic E-state index is 5.24. The van der Waals surface area contributed by atoms with E-state index in [0.717, 1.165) is 33.8 Å². The molecule has 5 heteroatoms. The van der Waals surface area contributed by atoms with Gasteiger partial charge in [-0.3, -0.25) is 0 Å². The van der Waals surface area contributed by atoms with Crippen LogP contribution in [-0.4, -0.2) is 17.1 Å². The summed E-state index contributed by atoms with van der Waals surface area (Å²) >= 11 is 1.73. The minimum absolute atomic E-state index is 0.709. The van der Waals surface area contributed by atoms with Gasteiger partial charge in [-0.2, -0.15) is 0 Å². The fourth-order valence-electron chi connectivity index (χ4n) is 2.19. The van der Waals surface area contributed by atoms with Gasteiger partial charge in [-0.1, -0.05) is 19.1 Å². The molecule has 0 aliphatic carbocycles. The number of rotatable bonds is 5. The molecule has 0 atom stereocenters. The van der Waals surface area contributed by atoms with Gasteiger partial charge in [0.15, 0.2) is 0 Å². The van der Waals surface area contributed by atoms with Crippen molar-refractivity contribution < 1.29 is 4.74 Å². The Balaban J connectivity index is 1.82. The molecule has 1 N–H and O–H groups in total. The number of nitrogens with one attached hydrogen (secondary N) is 1. The van der Waals surface area contributed by atoms with E-state index in [9.17, 15) is 0 Å². The van der Waals surface area contributed by atoms with Crippen molar-refractivity contribution in [1.82, 2.24) is 9.97 Å². The van der Waals surface area contributed by atoms with Crippen molar-refractivity contribution >= 4 is 27.4 Å². The van der Waals surface area contributed by atoms with Crippen LogP contribution in [0.15, 0.2) is 36.7 Å². The summed E-state index contributed by atoms with van der Waals surface area (Å²) in [5.41, 5.74) is 1.16. The Morgan fingerprint density at radius 3 is 2.95 bits per heavy atom. The Bertz CT molecular complexity index is 754. The standard InChI is InChI=1S/C16H17N3OS/c1-3-13-8-14-15(18-10-19-16(14)21-13)17-9-11-5-4-6-12(7-11)20-2/h4-8,10H,3,9H2,1-2H3,(H,17,18,19). The third-order valence-corrected chi connectivity index (χ3v) is 4.51. The Morgan fingerprint density at radius 2 is 2.14 bits per heavy atom. The normalized spacial score (nSPS) is 10.8. The zero-order valence-electron chi connectivity index (χ0n) is 12.1. The molecule has 0 unspecified atom stereocenters. The van der Waals surface area contributed by atoms with Crippen LogP contribution in [0.4, 0.5) is 5.82 Å². The Labute approximate surface area is 127 Å². The van der Waals surface area contributed by atoms with E-state index in [2.05, 4.69) is 34.3 Å². The second kappa shape index (κ2) is 6.10. The van der Waals surface area contributed by atoms with E-state index < -0.39 is 0 Å². The highest BCUT2D eigenvalue weighted by Gasteiger charge is 2.07. The Hall–Kier alpha value is -2.14. The predicted molar refractivity (Wildman–Crippen MR) is 87.1 cm³/mol. The first kappa shape index (κ1) is 13.8. The number of hydrogen-bond acceptors (Lipinski definition) is 5. The van der Waals surface area contributed by atoms with Crippen LogP contribution >= 0.6 is 11.3 Å².